The minimum atomic E-state index is -0.304. The monoisotopic (exact) mass is 359 g/mol. The second kappa shape index (κ2) is 7.03. The first kappa shape index (κ1) is 17.0. The zero-order valence-corrected chi connectivity index (χ0v) is 15.0. The van der Waals surface area contributed by atoms with Crippen molar-refractivity contribution in [1.29, 1.82) is 0 Å². The number of anilines is 1. The number of aryl methyl sites for hydroxylation is 1. The Morgan fingerprint density at radius 3 is 2.63 bits per heavy atom. The first-order chi connectivity index (χ1) is 13.2. The van der Waals surface area contributed by atoms with Gasteiger partial charge in [-0.25, -0.2) is 4.39 Å². The second-order valence-corrected chi connectivity index (χ2v) is 6.25. The van der Waals surface area contributed by atoms with Crippen molar-refractivity contribution in [1.82, 2.24) is 4.98 Å². The second-order valence-electron chi connectivity index (χ2n) is 6.25. The molecule has 0 unspecified atom stereocenters. The molecule has 4 nitrogen and oxygen atoms in total. The number of halogens is 1. The maximum Gasteiger partial charge on any atom is 0.126 e. The van der Waals surface area contributed by atoms with Gasteiger partial charge in [-0.15, -0.1) is 0 Å². The summed E-state index contributed by atoms with van der Waals surface area (Å²) in [5, 5.41) is 7.13. The normalized spacial score (nSPS) is 11.4. The molecule has 0 atom stereocenters. The van der Waals surface area contributed by atoms with Gasteiger partial charge in [0.2, 0.25) is 0 Å². The summed E-state index contributed by atoms with van der Waals surface area (Å²) in [5.41, 5.74) is 6.26. The van der Waals surface area contributed by atoms with Crippen LogP contribution in [-0.4, -0.2) is 18.3 Å². The highest BCUT2D eigenvalue weighted by atomic mass is 19.1. The molecule has 0 spiro atoms. The quantitative estimate of drug-likeness (QED) is 0.398. The van der Waals surface area contributed by atoms with Gasteiger partial charge >= 0.3 is 0 Å². The van der Waals surface area contributed by atoms with Crippen LogP contribution in [0, 0.1) is 12.7 Å². The Bertz CT molecular complexity index is 1170. The number of nitrogens with zero attached hydrogens (tertiary/aromatic N) is 2. The van der Waals surface area contributed by atoms with Crippen molar-refractivity contribution in [2.45, 2.75) is 6.92 Å². The smallest absolute Gasteiger partial charge is 0.126 e. The van der Waals surface area contributed by atoms with E-state index in [4.69, 9.17) is 4.74 Å². The van der Waals surface area contributed by atoms with Crippen LogP contribution in [0.4, 0.5) is 10.1 Å². The Morgan fingerprint density at radius 1 is 1.00 bits per heavy atom. The lowest BCUT2D eigenvalue weighted by Gasteiger charge is -2.09. The van der Waals surface area contributed by atoms with Crippen LogP contribution < -0.4 is 10.2 Å². The highest BCUT2D eigenvalue weighted by molar-refractivity contribution is 6.02. The van der Waals surface area contributed by atoms with Gasteiger partial charge in [-0.05, 0) is 48.7 Å². The van der Waals surface area contributed by atoms with Crippen molar-refractivity contribution in [3.63, 3.8) is 0 Å². The summed E-state index contributed by atoms with van der Waals surface area (Å²) in [5.74, 6) is 0.517. The summed E-state index contributed by atoms with van der Waals surface area (Å²) >= 11 is 0. The number of aromatic nitrogens is 1. The Balaban J connectivity index is 1.71. The van der Waals surface area contributed by atoms with Crippen molar-refractivity contribution < 1.29 is 9.13 Å². The Hall–Kier alpha value is -3.47. The van der Waals surface area contributed by atoms with Crippen molar-refractivity contribution in [2.24, 2.45) is 5.10 Å². The Labute approximate surface area is 156 Å². The maximum atomic E-state index is 13.6. The summed E-state index contributed by atoms with van der Waals surface area (Å²) in [6.07, 6.45) is 1.75. The van der Waals surface area contributed by atoms with Gasteiger partial charge in [0.05, 0.1) is 24.5 Å². The van der Waals surface area contributed by atoms with Crippen LogP contribution >= 0.6 is 0 Å². The summed E-state index contributed by atoms with van der Waals surface area (Å²) < 4.78 is 19.1. The number of hydrogen-bond donors (Lipinski definition) is 1. The van der Waals surface area contributed by atoms with E-state index in [1.807, 2.05) is 49.4 Å². The van der Waals surface area contributed by atoms with E-state index in [9.17, 15) is 4.39 Å². The van der Waals surface area contributed by atoms with Crippen molar-refractivity contribution >= 4 is 33.6 Å². The first-order valence-electron chi connectivity index (χ1n) is 8.57. The van der Waals surface area contributed by atoms with Gasteiger partial charge in [0.25, 0.3) is 0 Å². The zero-order valence-electron chi connectivity index (χ0n) is 15.0. The summed E-state index contributed by atoms with van der Waals surface area (Å²) in [6, 6.07) is 18.3. The van der Waals surface area contributed by atoms with E-state index in [0.717, 1.165) is 33.3 Å². The molecule has 5 heteroatoms. The topological polar surface area (TPSA) is 46.5 Å². The molecule has 0 amide bonds. The minimum Gasteiger partial charge on any atom is -0.496 e. The van der Waals surface area contributed by atoms with Crippen LogP contribution in [0.1, 0.15) is 11.3 Å². The van der Waals surface area contributed by atoms with Crippen LogP contribution in [0.3, 0.4) is 0 Å². The molecule has 0 aliphatic heterocycles. The SMILES string of the molecule is COc1ccc(C=NNc2cc(C)nc3ccc(F)cc23)c2ccccc12. The van der Waals surface area contributed by atoms with E-state index in [1.165, 1.54) is 12.1 Å². The number of nitrogens with one attached hydrogen (secondary N) is 1. The number of pyridine rings is 1. The molecule has 27 heavy (non-hydrogen) atoms. The fraction of sp³-hybridized carbons (Fsp3) is 0.0909. The molecule has 134 valence electrons. The van der Waals surface area contributed by atoms with E-state index in [0.29, 0.717) is 11.1 Å². The third-order valence-electron chi connectivity index (χ3n) is 4.43. The van der Waals surface area contributed by atoms with Crippen molar-refractivity contribution in [3.8, 4) is 5.75 Å². The largest absolute Gasteiger partial charge is 0.496 e. The lowest BCUT2D eigenvalue weighted by Crippen LogP contribution is -1.96. The van der Waals surface area contributed by atoms with Gasteiger partial charge < -0.3 is 4.74 Å². The number of methoxy groups -OCH3 is 1. The standard InChI is InChI=1S/C22H18FN3O/c1-14-11-21(19-12-16(23)8-9-20(19)25-14)26-24-13-15-7-10-22(27-2)18-6-4-3-5-17(15)18/h3-13H,1-2H3,(H,25,26). The van der Waals surface area contributed by atoms with E-state index in [-0.39, 0.29) is 5.82 Å². The average molecular weight is 359 g/mol. The fourth-order valence-corrected chi connectivity index (χ4v) is 3.18. The van der Waals surface area contributed by atoms with Gasteiger partial charge in [0.15, 0.2) is 0 Å². The first-order valence-corrected chi connectivity index (χ1v) is 8.57. The molecule has 1 heterocycles. The Kier molecular flexibility index (Phi) is 4.42. The molecule has 1 N–H and O–H groups in total. The summed E-state index contributed by atoms with van der Waals surface area (Å²) in [6.45, 7) is 1.90. The molecular formula is C22H18FN3O. The lowest BCUT2D eigenvalue weighted by atomic mass is 10.0. The molecule has 4 aromatic rings. The van der Waals surface area contributed by atoms with E-state index in [2.05, 4.69) is 15.5 Å². The molecule has 0 radical (unpaired) electrons. The predicted molar refractivity (Wildman–Crippen MR) is 108 cm³/mol. The van der Waals surface area contributed by atoms with Gasteiger partial charge in [-0.2, -0.15) is 5.10 Å². The average Bonchev–Trinajstić information content (AvgIpc) is 2.68. The van der Waals surface area contributed by atoms with Gasteiger partial charge in [0, 0.05) is 22.0 Å². The number of rotatable bonds is 4. The number of fused-ring (bicyclic) bond motifs is 2. The van der Waals surface area contributed by atoms with Gasteiger partial charge in [0.1, 0.15) is 11.6 Å². The molecule has 4 rings (SSSR count). The van der Waals surface area contributed by atoms with Crippen LogP contribution in [-0.2, 0) is 0 Å². The molecular weight excluding hydrogens is 341 g/mol. The Morgan fingerprint density at radius 2 is 1.81 bits per heavy atom. The highest BCUT2D eigenvalue weighted by Gasteiger charge is 2.06. The number of benzene rings is 3. The van der Waals surface area contributed by atoms with E-state index < -0.39 is 0 Å². The van der Waals surface area contributed by atoms with Crippen LogP contribution in [0.2, 0.25) is 0 Å². The van der Waals surface area contributed by atoms with Crippen LogP contribution in [0.5, 0.6) is 5.75 Å². The fourth-order valence-electron chi connectivity index (χ4n) is 3.18. The summed E-state index contributed by atoms with van der Waals surface area (Å²) in [4.78, 5) is 4.43. The summed E-state index contributed by atoms with van der Waals surface area (Å²) in [7, 11) is 1.66. The highest BCUT2D eigenvalue weighted by Crippen LogP contribution is 2.28. The van der Waals surface area contributed by atoms with Gasteiger partial charge in [-0.3, -0.25) is 10.4 Å². The number of hydrazone groups is 1. The van der Waals surface area contributed by atoms with Crippen molar-refractivity contribution in [2.75, 3.05) is 12.5 Å². The molecule has 0 aliphatic rings. The molecule has 0 aliphatic carbocycles. The third kappa shape index (κ3) is 3.31. The van der Waals surface area contributed by atoms with E-state index in [1.54, 1.807) is 19.4 Å². The van der Waals surface area contributed by atoms with Crippen LogP contribution in [0.15, 0.2) is 65.8 Å². The predicted octanol–water partition coefficient (Wildman–Crippen LogP) is 5.29. The molecule has 0 saturated heterocycles. The molecule has 0 bridgehead atoms. The molecule has 3 aromatic carbocycles. The maximum absolute atomic E-state index is 13.6. The van der Waals surface area contributed by atoms with Gasteiger partial charge in [-0.1, -0.05) is 24.3 Å². The third-order valence-corrected chi connectivity index (χ3v) is 4.43. The van der Waals surface area contributed by atoms with Crippen molar-refractivity contribution in [3.05, 3.63) is 77.7 Å². The lowest BCUT2D eigenvalue weighted by molar-refractivity contribution is 0.420. The number of hydrogen-bond acceptors (Lipinski definition) is 4. The number of ether oxygens (including phenoxy) is 1. The molecule has 1 aromatic heterocycles. The van der Waals surface area contributed by atoms with Crippen LogP contribution in [0.25, 0.3) is 21.7 Å². The molecule has 0 saturated carbocycles. The minimum absolute atomic E-state index is 0.304. The zero-order chi connectivity index (χ0) is 18.8. The van der Waals surface area contributed by atoms with E-state index >= 15 is 0 Å². The molecule has 0 fully saturated rings.